The predicted octanol–water partition coefficient (Wildman–Crippen LogP) is 4.01. The highest BCUT2D eigenvalue weighted by atomic mass is 79.9. The SMILES string of the molecule is COC(=O)/C=C\C=C(/c1ccc(Br)cc1)P(=O)(OC)OC. The van der Waals surface area contributed by atoms with Gasteiger partial charge in [0.1, 0.15) is 0 Å². The molecule has 0 amide bonds. The first kappa shape index (κ1) is 17.9. The van der Waals surface area contributed by atoms with E-state index in [2.05, 4.69) is 20.7 Å². The number of hydrogen-bond donors (Lipinski definition) is 0. The van der Waals surface area contributed by atoms with E-state index in [4.69, 9.17) is 9.05 Å². The van der Waals surface area contributed by atoms with Crippen molar-refractivity contribution in [1.82, 2.24) is 0 Å². The molecule has 0 N–H and O–H groups in total. The lowest BCUT2D eigenvalue weighted by molar-refractivity contribution is -0.134. The molecule has 0 aliphatic carbocycles. The summed E-state index contributed by atoms with van der Waals surface area (Å²) in [6.07, 6.45) is 4.16. The van der Waals surface area contributed by atoms with E-state index in [1.165, 1.54) is 39.6 Å². The molecule has 0 heterocycles. The van der Waals surface area contributed by atoms with Gasteiger partial charge in [0.25, 0.3) is 0 Å². The molecule has 114 valence electrons. The number of halogens is 1. The summed E-state index contributed by atoms with van der Waals surface area (Å²) >= 11 is 3.33. The number of rotatable bonds is 6. The van der Waals surface area contributed by atoms with Crippen LogP contribution in [0.15, 0.2) is 47.0 Å². The molecule has 1 rings (SSSR count). The van der Waals surface area contributed by atoms with Crippen LogP contribution >= 0.6 is 23.5 Å². The van der Waals surface area contributed by atoms with E-state index < -0.39 is 13.6 Å². The molecule has 0 unspecified atom stereocenters. The molecule has 0 aliphatic heterocycles. The Bertz CT molecular complexity index is 584. The van der Waals surface area contributed by atoms with Crippen LogP contribution in [0.4, 0.5) is 0 Å². The van der Waals surface area contributed by atoms with Crippen LogP contribution in [-0.2, 0) is 23.1 Å². The number of hydrogen-bond acceptors (Lipinski definition) is 5. The lowest BCUT2D eigenvalue weighted by atomic mass is 10.2. The number of ether oxygens (including phenoxy) is 1. The molecule has 1 aromatic carbocycles. The van der Waals surface area contributed by atoms with Crippen molar-refractivity contribution in [3.05, 3.63) is 52.5 Å². The fourth-order valence-corrected chi connectivity index (χ4v) is 3.06. The van der Waals surface area contributed by atoms with Crippen LogP contribution in [0.25, 0.3) is 5.31 Å². The summed E-state index contributed by atoms with van der Waals surface area (Å²) in [6.45, 7) is 0. The molecule has 0 bridgehead atoms. The highest BCUT2D eigenvalue weighted by Crippen LogP contribution is 2.59. The summed E-state index contributed by atoms with van der Waals surface area (Å²) in [7, 11) is 0.438. The third kappa shape index (κ3) is 4.93. The second-order valence-electron chi connectivity index (χ2n) is 3.80. The molecule has 1 aromatic rings. The Balaban J connectivity index is 3.26. The lowest BCUT2D eigenvalue weighted by Crippen LogP contribution is -1.95. The number of allylic oxidation sites excluding steroid dienone is 2. The predicted molar refractivity (Wildman–Crippen MR) is 84.9 cm³/mol. The minimum Gasteiger partial charge on any atom is -0.466 e. The second kappa shape index (κ2) is 8.29. The normalized spacial score (nSPS) is 12.7. The molecule has 0 saturated heterocycles. The van der Waals surface area contributed by atoms with Crippen molar-refractivity contribution in [2.45, 2.75) is 0 Å². The van der Waals surface area contributed by atoms with Gasteiger partial charge >= 0.3 is 13.6 Å². The molecule has 0 radical (unpaired) electrons. The first-order chi connectivity index (χ1) is 9.96. The molecule has 0 fully saturated rings. The topological polar surface area (TPSA) is 61.8 Å². The molecule has 5 nitrogen and oxygen atoms in total. The summed E-state index contributed by atoms with van der Waals surface area (Å²) < 4.78 is 28.0. The van der Waals surface area contributed by atoms with Crippen LogP contribution in [0, 0.1) is 0 Å². The number of esters is 1. The zero-order valence-electron chi connectivity index (χ0n) is 11.9. The Kier molecular flexibility index (Phi) is 7.05. The standard InChI is InChI=1S/C14H16BrO5P/c1-18-14(16)6-4-5-13(21(17,19-2)20-3)11-7-9-12(15)10-8-11/h4-10H,1-3H3/b6-4-,13-5+. The molecular formula is C14H16BrO5P. The fraction of sp³-hybridized carbons (Fsp3) is 0.214. The minimum absolute atomic E-state index is 0.347. The molecule has 0 aliphatic rings. The Morgan fingerprint density at radius 3 is 2.19 bits per heavy atom. The third-order valence-electron chi connectivity index (χ3n) is 2.60. The average Bonchev–Trinajstić information content (AvgIpc) is 2.51. The summed E-state index contributed by atoms with van der Waals surface area (Å²) in [5.41, 5.74) is 0.666. The van der Waals surface area contributed by atoms with Gasteiger partial charge in [0.15, 0.2) is 0 Å². The molecule has 0 atom stereocenters. The van der Waals surface area contributed by atoms with Gasteiger partial charge in [0, 0.05) is 24.8 Å². The van der Waals surface area contributed by atoms with Gasteiger partial charge in [-0.25, -0.2) is 4.79 Å². The highest BCUT2D eigenvalue weighted by molar-refractivity contribution is 9.10. The second-order valence-corrected chi connectivity index (χ2v) is 6.93. The summed E-state index contributed by atoms with van der Waals surface area (Å²) in [5.74, 6) is -0.508. The zero-order chi connectivity index (χ0) is 15.9. The summed E-state index contributed by atoms with van der Waals surface area (Å²) in [5, 5.41) is 0.347. The lowest BCUT2D eigenvalue weighted by Gasteiger charge is -2.17. The van der Waals surface area contributed by atoms with E-state index >= 15 is 0 Å². The van der Waals surface area contributed by atoms with Crippen LogP contribution in [-0.4, -0.2) is 27.3 Å². The van der Waals surface area contributed by atoms with E-state index in [9.17, 15) is 9.36 Å². The molecule has 0 saturated carbocycles. The monoisotopic (exact) mass is 374 g/mol. The molecule has 0 aromatic heterocycles. The van der Waals surface area contributed by atoms with Crippen LogP contribution < -0.4 is 0 Å². The van der Waals surface area contributed by atoms with Gasteiger partial charge in [-0.3, -0.25) is 4.57 Å². The molecule has 7 heteroatoms. The van der Waals surface area contributed by atoms with E-state index in [1.54, 1.807) is 12.1 Å². The van der Waals surface area contributed by atoms with Crippen molar-refractivity contribution >= 4 is 34.8 Å². The van der Waals surface area contributed by atoms with Gasteiger partial charge in [-0.2, -0.15) is 0 Å². The number of carbonyl (C=O) groups excluding carboxylic acids is 1. The Morgan fingerprint density at radius 1 is 1.14 bits per heavy atom. The van der Waals surface area contributed by atoms with Crippen molar-refractivity contribution in [2.24, 2.45) is 0 Å². The van der Waals surface area contributed by atoms with Gasteiger partial charge in [0.05, 0.1) is 12.4 Å². The molecule has 21 heavy (non-hydrogen) atoms. The van der Waals surface area contributed by atoms with Gasteiger partial charge in [-0.05, 0) is 23.8 Å². The maximum Gasteiger partial charge on any atom is 0.361 e. The number of benzene rings is 1. The number of methoxy groups -OCH3 is 1. The fourth-order valence-electron chi connectivity index (χ4n) is 1.52. The molecule has 0 spiro atoms. The highest BCUT2D eigenvalue weighted by Gasteiger charge is 2.28. The molecular weight excluding hydrogens is 359 g/mol. The van der Waals surface area contributed by atoms with E-state index in [-0.39, 0.29) is 0 Å². The van der Waals surface area contributed by atoms with Crippen LogP contribution in [0.3, 0.4) is 0 Å². The van der Waals surface area contributed by atoms with Gasteiger partial charge in [0.2, 0.25) is 0 Å². The van der Waals surface area contributed by atoms with Crippen molar-refractivity contribution in [3.8, 4) is 0 Å². The maximum absolute atomic E-state index is 12.6. The van der Waals surface area contributed by atoms with Crippen molar-refractivity contribution in [1.29, 1.82) is 0 Å². The Morgan fingerprint density at radius 2 is 1.71 bits per heavy atom. The largest absolute Gasteiger partial charge is 0.466 e. The van der Waals surface area contributed by atoms with Crippen LogP contribution in [0.5, 0.6) is 0 Å². The third-order valence-corrected chi connectivity index (χ3v) is 5.09. The summed E-state index contributed by atoms with van der Waals surface area (Å²) in [4.78, 5) is 11.1. The van der Waals surface area contributed by atoms with E-state index in [0.717, 1.165) is 4.47 Å². The quantitative estimate of drug-likeness (QED) is 0.326. The van der Waals surface area contributed by atoms with Crippen molar-refractivity contribution < 1.29 is 23.1 Å². The van der Waals surface area contributed by atoms with Crippen LogP contribution in [0.1, 0.15) is 5.56 Å². The van der Waals surface area contributed by atoms with E-state index in [0.29, 0.717) is 10.9 Å². The van der Waals surface area contributed by atoms with Crippen molar-refractivity contribution in [2.75, 3.05) is 21.3 Å². The Hall–Kier alpha value is -1.20. The first-order valence-corrected chi connectivity index (χ1v) is 8.24. The minimum atomic E-state index is -3.45. The van der Waals surface area contributed by atoms with Gasteiger partial charge < -0.3 is 13.8 Å². The average molecular weight is 375 g/mol. The zero-order valence-corrected chi connectivity index (χ0v) is 14.4. The first-order valence-electron chi connectivity index (χ1n) is 5.91. The van der Waals surface area contributed by atoms with Crippen LogP contribution in [0.2, 0.25) is 0 Å². The van der Waals surface area contributed by atoms with Gasteiger partial charge in [-0.15, -0.1) is 0 Å². The van der Waals surface area contributed by atoms with Gasteiger partial charge in [-0.1, -0.05) is 34.1 Å². The maximum atomic E-state index is 12.6. The summed E-state index contributed by atoms with van der Waals surface area (Å²) in [6, 6.07) is 7.16. The van der Waals surface area contributed by atoms with Crippen molar-refractivity contribution in [3.63, 3.8) is 0 Å². The van der Waals surface area contributed by atoms with E-state index in [1.807, 2.05) is 12.1 Å². The Labute approximate surface area is 132 Å². The smallest absolute Gasteiger partial charge is 0.361 e. The number of carbonyl (C=O) groups is 1.